The molecular weight excluding hydrogens is 308 g/mol. The Morgan fingerprint density at radius 2 is 2.00 bits per heavy atom. The highest BCUT2D eigenvalue weighted by Crippen LogP contribution is 2.20. The Hall–Kier alpha value is -2.01. The minimum atomic E-state index is 0.150. The molecule has 4 nitrogen and oxygen atoms in total. The summed E-state index contributed by atoms with van der Waals surface area (Å²) in [5, 5.41) is 1.00. The normalized spacial score (nSPS) is 10.3. The Morgan fingerprint density at radius 1 is 1.22 bits per heavy atom. The summed E-state index contributed by atoms with van der Waals surface area (Å²) in [5.74, 6) is 1.86. The van der Waals surface area contributed by atoms with Crippen LogP contribution in [-0.4, -0.2) is 35.7 Å². The van der Waals surface area contributed by atoms with Crippen molar-refractivity contribution in [1.29, 1.82) is 0 Å². The zero-order valence-corrected chi connectivity index (χ0v) is 14.4. The maximum Gasteiger partial charge on any atom is 0.222 e. The lowest BCUT2D eigenvalue weighted by atomic mass is 10.2. The van der Waals surface area contributed by atoms with Gasteiger partial charge in [0.05, 0.1) is 12.1 Å². The van der Waals surface area contributed by atoms with Crippen molar-refractivity contribution in [2.24, 2.45) is 0 Å². The van der Waals surface area contributed by atoms with E-state index in [0.717, 1.165) is 28.5 Å². The van der Waals surface area contributed by atoms with Crippen molar-refractivity contribution in [3.8, 4) is 5.75 Å². The van der Waals surface area contributed by atoms with Crippen LogP contribution in [-0.2, 0) is 11.3 Å². The fourth-order valence-corrected chi connectivity index (χ4v) is 3.01. The first-order valence-electron chi connectivity index (χ1n) is 7.60. The van der Waals surface area contributed by atoms with E-state index in [1.807, 2.05) is 49.5 Å². The zero-order chi connectivity index (χ0) is 16.5. The zero-order valence-electron chi connectivity index (χ0n) is 13.6. The molecule has 0 radical (unpaired) electrons. The number of methoxy groups -OCH3 is 1. The molecule has 0 bridgehead atoms. The first-order valence-corrected chi connectivity index (χ1v) is 8.59. The van der Waals surface area contributed by atoms with Crippen molar-refractivity contribution < 1.29 is 9.53 Å². The molecule has 0 aliphatic rings. The number of hydrogen-bond donors (Lipinski definition) is 0. The van der Waals surface area contributed by atoms with Crippen LogP contribution in [0.4, 0.5) is 0 Å². The second kappa shape index (κ2) is 9.20. The number of amides is 1. The molecule has 0 saturated heterocycles. The van der Waals surface area contributed by atoms with E-state index >= 15 is 0 Å². The summed E-state index contributed by atoms with van der Waals surface area (Å²) >= 11 is 1.68. The van der Waals surface area contributed by atoms with Crippen LogP contribution in [0.2, 0.25) is 0 Å². The predicted molar refractivity (Wildman–Crippen MR) is 93.7 cm³/mol. The minimum Gasteiger partial charge on any atom is -0.496 e. The first-order chi connectivity index (χ1) is 11.2. The number of carbonyl (C=O) groups excluding carboxylic acids is 1. The van der Waals surface area contributed by atoms with Crippen LogP contribution >= 0.6 is 11.8 Å². The lowest BCUT2D eigenvalue weighted by Gasteiger charge is -2.18. The molecule has 0 N–H and O–H groups in total. The number of nitrogens with zero attached hydrogens (tertiary/aromatic N) is 2. The maximum atomic E-state index is 12.2. The third kappa shape index (κ3) is 5.60. The van der Waals surface area contributed by atoms with Gasteiger partial charge in [-0.3, -0.25) is 4.79 Å². The average molecular weight is 330 g/mol. The van der Waals surface area contributed by atoms with Gasteiger partial charge in [-0.2, -0.15) is 0 Å². The van der Waals surface area contributed by atoms with Crippen molar-refractivity contribution in [1.82, 2.24) is 9.88 Å². The average Bonchev–Trinajstić information content (AvgIpc) is 2.60. The Balaban J connectivity index is 1.74. The van der Waals surface area contributed by atoms with Crippen molar-refractivity contribution in [2.75, 3.05) is 19.9 Å². The van der Waals surface area contributed by atoms with Crippen LogP contribution in [0, 0.1) is 0 Å². The molecule has 23 heavy (non-hydrogen) atoms. The molecule has 0 atom stereocenters. The Labute approximate surface area is 141 Å². The largest absolute Gasteiger partial charge is 0.496 e. The summed E-state index contributed by atoms with van der Waals surface area (Å²) in [6, 6.07) is 13.7. The molecule has 1 aromatic heterocycles. The number of ether oxygens (including phenoxy) is 1. The van der Waals surface area contributed by atoms with E-state index in [4.69, 9.17) is 4.74 Å². The number of rotatable bonds is 8. The van der Waals surface area contributed by atoms with Gasteiger partial charge in [-0.1, -0.05) is 24.3 Å². The Kier molecular flexibility index (Phi) is 6.94. The van der Waals surface area contributed by atoms with Crippen molar-refractivity contribution in [2.45, 2.75) is 24.4 Å². The summed E-state index contributed by atoms with van der Waals surface area (Å²) in [6.45, 7) is 0.566. The third-order valence-electron chi connectivity index (χ3n) is 3.45. The third-order valence-corrected chi connectivity index (χ3v) is 4.48. The highest BCUT2D eigenvalue weighted by molar-refractivity contribution is 7.99. The summed E-state index contributed by atoms with van der Waals surface area (Å²) in [7, 11) is 3.48. The van der Waals surface area contributed by atoms with Gasteiger partial charge in [0.15, 0.2) is 0 Å². The minimum absolute atomic E-state index is 0.150. The highest BCUT2D eigenvalue weighted by atomic mass is 32.2. The van der Waals surface area contributed by atoms with E-state index in [-0.39, 0.29) is 5.91 Å². The second-order valence-corrected chi connectivity index (χ2v) is 6.30. The summed E-state index contributed by atoms with van der Waals surface area (Å²) in [5.41, 5.74) is 1.02. The molecule has 122 valence electrons. The first kappa shape index (κ1) is 17.3. The van der Waals surface area contributed by atoms with Gasteiger partial charge in [0, 0.05) is 31.8 Å². The number of hydrogen-bond acceptors (Lipinski definition) is 4. The van der Waals surface area contributed by atoms with Gasteiger partial charge in [0.2, 0.25) is 5.91 Å². The van der Waals surface area contributed by atoms with Gasteiger partial charge in [-0.05, 0) is 30.4 Å². The van der Waals surface area contributed by atoms with E-state index in [0.29, 0.717) is 13.0 Å². The number of benzene rings is 1. The molecule has 2 aromatic rings. The number of pyridine rings is 1. The standard InChI is InChI=1S/C18H22N2O2S/c1-20(14-15-8-3-4-9-16(15)22-2)18(21)11-7-13-23-17-10-5-6-12-19-17/h3-6,8-10,12H,7,11,13-14H2,1-2H3. The van der Waals surface area contributed by atoms with Gasteiger partial charge < -0.3 is 9.64 Å². The van der Waals surface area contributed by atoms with Crippen LogP contribution in [0.25, 0.3) is 0 Å². The molecule has 0 fully saturated rings. The van der Waals surface area contributed by atoms with Crippen LogP contribution in [0.5, 0.6) is 5.75 Å². The Morgan fingerprint density at radius 3 is 2.74 bits per heavy atom. The van der Waals surface area contributed by atoms with Gasteiger partial charge in [0.25, 0.3) is 0 Å². The summed E-state index contributed by atoms with van der Waals surface area (Å²) in [4.78, 5) is 18.2. The lowest BCUT2D eigenvalue weighted by molar-refractivity contribution is -0.130. The molecular formula is C18H22N2O2S. The SMILES string of the molecule is COc1ccccc1CN(C)C(=O)CCCSc1ccccn1. The van der Waals surface area contributed by atoms with Gasteiger partial charge >= 0.3 is 0 Å². The topological polar surface area (TPSA) is 42.4 Å². The molecule has 0 aliphatic heterocycles. The van der Waals surface area contributed by atoms with Crippen LogP contribution in [0.15, 0.2) is 53.7 Å². The Bertz CT molecular complexity index is 619. The number of carbonyl (C=O) groups is 1. The van der Waals surface area contributed by atoms with Crippen LogP contribution in [0.1, 0.15) is 18.4 Å². The molecule has 1 amide bonds. The quantitative estimate of drug-likeness (QED) is 0.548. The van der Waals surface area contributed by atoms with E-state index in [9.17, 15) is 4.79 Å². The van der Waals surface area contributed by atoms with Gasteiger partial charge in [-0.15, -0.1) is 11.8 Å². The van der Waals surface area contributed by atoms with Crippen LogP contribution < -0.4 is 4.74 Å². The smallest absolute Gasteiger partial charge is 0.222 e. The van der Waals surface area contributed by atoms with E-state index in [2.05, 4.69) is 4.98 Å². The van der Waals surface area contributed by atoms with Crippen molar-refractivity contribution >= 4 is 17.7 Å². The maximum absolute atomic E-state index is 12.2. The number of thioether (sulfide) groups is 1. The molecule has 0 aliphatic carbocycles. The summed E-state index contributed by atoms with van der Waals surface area (Å²) in [6.07, 6.45) is 3.18. The molecule has 0 spiro atoms. The fourth-order valence-electron chi connectivity index (χ4n) is 2.20. The number of aromatic nitrogens is 1. The second-order valence-electron chi connectivity index (χ2n) is 5.18. The molecule has 5 heteroatoms. The molecule has 2 rings (SSSR count). The van der Waals surface area contributed by atoms with E-state index in [1.165, 1.54) is 0 Å². The van der Waals surface area contributed by atoms with Crippen molar-refractivity contribution in [3.05, 3.63) is 54.2 Å². The highest BCUT2D eigenvalue weighted by Gasteiger charge is 2.11. The monoisotopic (exact) mass is 330 g/mol. The van der Waals surface area contributed by atoms with Crippen LogP contribution in [0.3, 0.4) is 0 Å². The molecule has 0 saturated carbocycles. The predicted octanol–water partition coefficient (Wildman–Crippen LogP) is 3.62. The van der Waals surface area contributed by atoms with Crippen molar-refractivity contribution in [3.63, 3.8) is 0 Å². The van der Waals surface area contributed by atoms with E-state index in [1.54, 1.807) is 30.0 Å². The molecule has 0 unspecified atom stereocenters. The lowest BCUT2D eigenvalue weighted by Crippen LogP contribution is -2.26. The van der Waals surface area contributed by atoms with E-state index < -0.39 is 0 Å². The summed E-state index contributed by atoms with van der Waals surface area (Å²) < 4.78 is 5.33. The van der Waals surface area contributed by atoms with Gasteiger partial charge in [-0.25, -0.2) is 4.98 Å². The molecule has 1 aromatic carbocycles. The fraction of sp³-hybridized carbons (Fsp3) is 0.333. The molecule has 1 heterocycles. The van der Waals surface area contributed by atoms with Gasteiger partial charge in [0.1, 0.15) is 5.75 Å². The number of para-hydroxylation sites is 1.